The molecule has 0 fully saturated rings. The molecule has 0 radical (unpaired) electrons. The highest BCUT2D eigenvalue weighted by atomic mass is 32.1. The van der Waals surface area contributed by atoms with Gasteiger partial charge in [-0.05, 0) is 46.7 Å². The molecule has 6 heteroatoms. The standard InChI is InChI=1S/C26H25FN2O2S/c1-2-14-28(24(30)17-19-6-4-3-5-7-19)18-25(31)29-15-12-23-22(13-16-32-23)26(29)20-8-10-21(27)11-9-20/h2-11,13,16,26H,1,12,14-15,17-18H2. The van der Waals surface area contributed by atoms with Gasteiger partial charge < -0.3 is 9.80 Å². The molecule has 3 aromatic rings. The fourth-order valence-corrected chi connectivity index (χ4v) is 5.04. The molecular formula is C26H25FN2O2S. The highest BCUT2D eigenvalue weighted by Crippen LogP contribution is 2.37. The number of amides is 2. The summed E-state index contributed by atoms with van der Waals surface area (Å²) >= 11 is 1.68. The molecule has 0 saturated carbocycles. The van der Waals surface area contributed by atoms with Gasteiger partial charge in [0.05, 0.1) is 12.5 Å². The normalized spacial score (nSPS) is 15.2. The van der Waals surface area contributed by atoms with Crippen LogP contribution in [0, 0.1) is 5.82 Å². The summed E-state index contributed by atoms with van der Waals surface area (Å²) in [5, 5.41) is 2.03. The minimum absolute atomic E-state index is 0.0190. The minimum atomic E-state index is -0.309. The van der Waals surface area contributed by atoms with Gasteiger partial charge in [-0.25, -0.2) is 4.39 Å². The topological polar surface area (TPSA) is 40.6 Å². The van der Waals surface area contributed by atoms with Gasteiger partial charge in [-0.3, -0.25) is 9.59 Å². The summed E-state index contributed by atoms with van der Waals surface area (Å²) in [5.74, 6) is -0.549. The van der Waals surface area contributed by atoms with Crippen molar-refractivity contribution in [1.29, 1.82) is 0 Å². The first-order valence-corrected chi connectivity index (χ1v) is 11.5. The molecule has 0 aliphatic carbocycles. The highest BCUT2D eigenvalue weighted by Gasteiger charge is 2.33. The quantitative estimate of drug-likeness (QED) is 0.495. The lowest BCUT2D eigenvalue weighted by atomic mass is 9.93. The molecular weight excluding hydrogens is 423 g/mol. The summed E-state index contributed by atoms with van der Waals surface area (Å²) in [6.07, 6.45) is 2.65. The summed E-state index contributed by atoms with van der Waals surface area (Å²) in [6, 6.07) is 17.6. The van der Waals surface area contributed by atoms with Gasteiger partial charge in [-0.1, -0.05) is 48.5 Å². The number of hydrogen-bond acceptors (Lipinski definition) is 3. The first-order valence-electron chi connectivity index (χ1n) is 10.6. The summed E-state index contributed by atoms with van der Waals surface area (Å²) in [7, 11) is 0. The van der Waals surface area contributed by atoms with Crippen molar-refractivity contribution in [2.45, 2.75) is 18.9 Å². The molecule has 1 unspecified atom stereocenters. The number of fused-ring (bicyclic) bond motifs is 1. The van der Waals surface area contributed by atoms with Crippen LogP contribution >= 0.6 is 11.3 Å². The predicted octanol–water partition coefficient (Wildman–Crippen LogP) is 4.62. The molecule has 164 valence electrons. The second kappa shape index (κ2) is 9.92. The van der Waals surface area contributed by atoms with Crippen LogP contribution < -0.4 is 0 Å². The lowest BCUT2D eigenvalue weighted by Crippen LogP contribution is -2.47. The Balaban J connectivity index is 1.56. The number of halogens is 1. The molecule has 32 heavy (non-hydrogen) atoms. The molecule has 2 amide bonds. The van der Waals surface area contributed by atoms with Gasteiger partial charge in [0.15, 0.2) is 0 Å². The zero-order valence-corrected chi connectivity index (χ0v) is 18.6. The third-order valence-corrected chi connectivity index (χ3v) is 6.69. The third kappa shape index (κ3) is 4.81. The average molecular weight is 449 g/mol. The molecule has 1 aromatic heterocycles. The Kier molecular flexibility index (Phi) is 6.81. The predicted molar refractivity (Wildman–Crippen MR) is 125 cm³/mol. The van der Waals surface area contributed by atoms with Crippen molar-refractivity contribution in [3.05, 3.63) is 106 Å². The van der Waals surface area contributed by atoms with Gasteiger partial charge in [0, 0.05) is 18.0 Å². The fraction of sp³-hybridized carbons (Fsp3) is 0.231. The molecule has 1 atom stereocenters. The largest absolute Gasteiger partial charge is 0.330 e. The number of hydrogen-bond donors (Lipinski definition) is 0. The smallest absolute Gasteiger partial charge is 0.243 e. The molecule has 1 aliphatic rings. The molecule has 0 spiro atoms. The Morgan fingerprint density at radius 3 is 2.59 bits per heavy atom. The van der Waals surface area contributed by atoms with E-state index >= 15 is 0 Å². The zero-order chi connectivity index (χ0) is 22.5. The van der Waals surface area contributed by atoms with Gasteiger partial charge in [0.25, 0.3) is 0 Å². The van der Waals surface area contributed by atoms with E-state index in [1.165, 1.54) is 17.0 Å². The third-order valence-electron chi connectivity index (χ3n) is 5.70. The van der Waals surface area contributed by atoms with Crippen molar-refractivity contribution >= 4 is 23.2 Å². The summed E-state index contributed by atoms with van der Waals surface area (Å²) in [6.45, 7) is 4.59. The van der Waals surface area contributed by atoms with Crippen LogP contribution in [0.25, 0.3) is 0 Å². The molecule has 4 nitrogen and oxygen atoms in total. The van der Waals surface area contributed by atoms with Crippen LogP contribution in [0.15, 0.2) is 78.7 Å². The molecule has 0 N–H and O–H groups in total. The van der Waals surface area contributed by atoms with E-state index in [1.807, 2.05) is 46.7 Å². The number of carbonyl (C=O) groups excluding carboxylic acids is 2. The van der Waals surface area contributed by atoms with E-state index < -0.39 is 0 Å². The van der Waals surface area contributed by atoms with Gasteiger partial charge in [-0.15, -0.1) is 17.9 Å². The number of nitrogens with zero attached hydrogens (tertiary/aromatic N) is 2. The van der Waals surface area contributed by atoms with Gasteiger partial charge >= 0.3 is 0 Å². The highest BCUT2D eigenvalue weighted by molar-refractivity contribution is 7.10. The second-order valence-corrected chi connectivity index (χ2v) is 8.82. The molecule has 2 heterocycles. The van der Waals surface area contributed by atoms with E-state index in [4.69, 9.17) is 0 Å². The van der Waals surface area contributed by atoms with Crippen molar-refractivity contribution in [1.82, 2.24) is 9.80 Å². The van der Waals surface area contributed by atoms with Gasteiger partial charge in [0.1, 0.15) is 12.4 Å². The second-order valence-electron chi connectivity index (χ2n) is 7.82. The van der Waals surface area contributed by atoms with Crippen LogP contribution in [-0.4, -0.2) is 41.2 Å². The molecule has 1 aliphatic heterocycles. The summed E-state index contributed by atoms with van der Waals surface area (Å²) < 4.78 is 13.5. The van der Waals surface area contributed by atoms with Crippen LogP contribution in [0.4, 0.5) is 4.39 Å². The van der Waals surface area contributed by atoms with Gasteiger partial charge in [0.2, 0.25) is 11.8 Å². The monoisotopic (exact) mass is 448 g/mol. The Bertz CT molecular complexity index is 1090. The van der Waals surface area contributed by atoms with Crippen LogP contribution in [0.5, 0.6) is 0 Å². The van der Waals surface area contributed by atoms with E-state index in [-0.39, 0.29) is 36.6 Å². The first-order chi connectivity index (χ1) is 15.6. The van der Waals surface area contributed by atoms with E-state index in [9.17, 15) is 14.0 Å². The molecule has 4 rings (SSSR count). The average Bonchev–Trinajstić information content (AvgIpc) is 3.28. The molecule has 0 saturated heterocycles. The maximum atomic E-state index is 13.5. The van der Waals surface area contributed by atoms with Crippen molar-refractivity contribution in [2.75, 3.05) is 19.6 Å². The zero-order valence-electron chi connectivity index (χ0n) is 17.7. The first kappa shape index (κ1) is 22.0. The maximum absolute atomic E-state index is 13.5. The Hall–Kier alpha value is -3.25. The number of carbonyl (C=O) groups is 2. The fourth-order valence-electron chi connectivity index (χ4n) is 4.14. The van der Waals surface area contributed by atoms with E-state index in [0.29, 0.717) is 13.1 Å². The summed E-state index contributed by atoms with van der Waals surface area (Å²) in [5.41, 5.74) is 2.85. The minimum Gasteiger partial charge on any atom is -0.330 e. The van der Waals surface area contributed by atoms with Crippen molar-refractivity contribution in [3.8, 4) is 0 Å². The van der Waals surface area contributed by atoms with Crippen LogP contribution in [0.3, 0.4) is 0 Å². The molecule has 0 bridgehead atoms. The Labute approximate surface area is 191 Å². The van der Waals surface area contributed by atoms with E-state index in [2.05, 4.69) is 6.58 Å². The van der Waals surface area contributed by atoms with Crippen molar-refractivity contribution in [3.63, 3.8) is 0 Å². The Morgan fingerprint density at radius 2 is 1.88 bits per heavy atom. The summed E-state index contributed by atoms with van der Waals surface area (Å²) in [4.78, 5) is 31.0. The lowest BCUT2D eigenvalue weighted by Gasteiger charge is -2.37. The number of benzene rings is 2. The molecule has 2 aromatic carbocycles. The van der Waals surface area contributed by atoms with Crippen molar-refractivity contribution < 1.29 is 14.0 Å². The van der Waals surface area contributed by atoms with Crippen LogP contribution in [-0.2, 0) is 22.4 Å². The van der Waals surface area contributed by atoms with Crippen LogP contribution in [0.2, 0.25) is 0 Å². The van der Waals surface area contributed by atoms with E-state index in [0.717, 1.165) is 23.1 Å². The Morgan fingerprint density at radius 1 is 1.12 bits per heavy atom. The van der Waals surface area contributed by atoms with Crippen molar-refractivity contribution in [2.24, 2.45) is 0 Å². The number of thiophene rings is 1. The SMILES string of the molecule is C=CCN(CC(=O)N1CCc2sccc2C1c1ccc(F)cc1)C(=O)Cc1ccccc1. The maximum Gasteiger partial charge on any atom is 0.243 e. The number of rotatable bonds is 7. The van der Waals surface area contributed by atoms with Gasteiger partial charge in [-0.2, -0.15) is 0 Å². The van der Waals surface area contributed by atoms with Crippen LogP contribution in [0.1, 0.15) is 27.6 Å². The van der Waals surface area contributed by atoms with E-state index in [1.54, 1.807) is 34.4 Å². The lowest BCUT2D eigenvalue weighted by molar-refractivity contribution is -0.141.